The van der Waals surface area contributed by atoms with E-state index in [1.165, 1.54) is 11.3 Å². The third kappa shape index (κ3) is 1.21. The van der Waals surface area contributed by atoms with Gasteiger partial charge in [-0.2, -0.15) is 0 Å². The van der Waals surface area contributed by atoms with Gasteiger partial charge in [-0.05, 0) is 24.6 Å². The van der Waals surface area contributed by atoms with Crippen LogP contribution in [0, 0.1) is 6.92 Å². The Bertz CT molecular complexity index is 471. The van der Waals surface area contributed by atoms with E-state index in [0.29, 0.717) is 5.56 Å². The fraction of sp³-hybridized carbons (Fsp3) is 0.100. The molecule has 2 nitrogen and oxygen atoms in total. The normalized spacial score (nSPS) is 10.5. The number of phenolic OH excluding ortho intramolecular Hbond substituents is 1. The standard InChI is InChI=1S/C10H8O2S/c1-6-2-8(12)3-9-7(4-11)5-13-10(6)9/h2-5,12H,1H3. The summed E-state index contributed by atoms with van der Waals surface area (Å²) in [7, 11) is 0. The van der Waals surface area contributed by atoms with Crippen LogP contribution in [-0.2, 0) is 0 Å². The maximum Gasteiger partial charge on any atom is 0.151 e. The predicted octanol–water partition coefficient (Wildman–Crippen LogP) is 2.73. The third-order valence-electron chi connectivity index (χ3n) is 2.00. The number of fused-ring (bicyclic) bond motifs is 1. The van der Waals surface area contributed by atoms with Crippen LogP contribution in [0.3, 0.4) is 0 Å². The SMILES string of the molecule is Cc1cc(O)cc2c(C=O)csc12. The number of aryl methyl sites for hydroxylation is 1. The summed E-state index contributed by atoms with van der Waals surface area (Å²) < 4.78 is 1.07. The zero-order valence-corrected chi connectivity index (χ0v) is 7.89. The fourth-order valence-electron chi connectivity index (χ4n) is 1.40. The molecular weight excluding hydrogens is 184 g/mol. The topological polar surface area (TPSA) is 37.3 Å². The third-order valence-corrected chi connectivity index (χ3v) is 3.15. The highest BCUT2D eigenvalue weighted by Crippen LogP contribution is 2.31. The van der Waals surface area contributed by atoms with Crippen molar-refractivity contribution in [1.29, 1.82) is 0 Å². The maximum absolute atomic E-state index is 10.6. The summed E-state index contributed by atoms with van der Waals surface area (Å²) >= 11 is 1.53. The highest BCUT2D eigenvalue weighted by atomic mass is 32.1. The Balaban J connectivity index is 2.89. The van der Waals surface area contributed by atoms with E-state index < -0.39 is 0 Å². The summed E-state index contributed by atoms with van der Waals surface area (Å²) in [5, 5.41) is 12.0. The number of hydrogen-bond acceptors (Lipinski definition) is 3. The molecule has 0 bridgehead atoms. The molecule has 3 heteroatoms. The van der Waals surface area contributed by atoms with Crippen LogP contribution in [0.1, 0.15) is 15.9 Å². The second-order valence-electron chi connectivity index (χ2n) is 2.95. The van der Waals surface area contributed by atoms with Crippen LogP contribution in [-0.4, -0.2) is 11.4 Å². The number of thiophene rings is 1. The number of phenols is 1. The molecule has 1 heterocycles. The largest absolute Gasteiger partial charge is 0.508 e. The smallest absolute Gasteiger partial charge is 0.151 e. The molecule has 0 fully saturated rings. The van der Waals surface area contributed by atoms with E-state index in [-0.39, 0.29) is 5.75 Å². The molecule has 0 aliphatic heterocycles. The van der Waals surface area contributed by atoms with E-state index in [1.807, 2.05) is 12.3 Å². The first-order valence-electron chi connectivity index (χ1n) is 3.88. The van der Waals surface area contributed by atoms with Gasteiger partial charge in [0, 0.05) is 21.0 Å². The van der Waals surface area contributed by atoms with Crippen molar-refractivity contribution in [1.82, 2.24) is 0 Å². The molecule has 0 aliphatic rings. The first kappa shape index (κ1) is 8.26. The van der Waals surface area contributed by atoms with Crippen molar-refractivity contribution in [3.63, 3.8) is 0 Å². The molecule has 1 N–H and O–H groups in total. The number of carbonyl (C=O) groups is 1. The number of rotatable bonds is 1. The molecule has 0 amide bonds. The van der Waals surface area contributed by atoms with E-state index in [2.05, 4.69) is 0 Å². The molecule has 0 unspecified atom stereocenters. The average molecular weight is 192 g/mol. The monoisotopic (exact) mass is 192 g/mol. The van der Waals surface area contributed by atoms with E-state index in [1.54, 1.807) is 12.1 Å². The van der Waals surface area contributed by atoms with Crippen molar-refractivity contribution in [2.24, 2.45) is 0 Å². The van der Waals surface area contributed by atoms with E-state index in [9.17, 15) is 9.90 Å². The zero-order chi connectivity index (χ0) is 9.42. The van der Waals surface area contributed by atoms with Gasteiger partial charge >= 0.3 is 0 Å². The molecule has 1 aromatic heterocycles. The van der Waals surface area contributed by atoms with Gasteiger partial charge in [-0.1, -0.05) is 0 Å². The molecule has 2 rings (SSSR count). The quantitative estimate of drug-likeness (QED) is 0.705. The first-order valence-corrected chi connectivity index (χ1v) is 4.76. The Morgan fingerprint density at radius 3 is 2.92 bits per heavy atom. The van der Waals surface area contributed by atoms with Crippen molar-refractivity contribution < 1.29 is 9.90 Å². The lowest BCUT2D eigenvalue weighted by Crippen LogP contribution is -1.77. The average Bonchev–Trinajstić information content (AvgIpc) is 2.47. The first-order chi connectivity index (χ1) is 6.22. The molecule has 0 radical (unpaired) electrons. The summed E-state index contributed by atoms with van der Waals surface area (Å²) in [5.41, 5.74) is 1.66. The molecule has 1 aromatic carbocycles. The van der Waals surface area contributed by atoms with Gasteiger partial charge < -0.3 is 5.11 Å². The second-order valence-corrected chi connectivity index (χ2v) is 3.83. The minimum atomic E-state index is 0.214. The molecule has 0 atom stereocenters. The summed E-state index contributed by atoms with van der Waals surface area (Å²) in [5.74, 6) is 0.214. The molecule has 2 aromatic rings. The number of aldehydes is 1. The Kier molecular flexibility index (Phi) is 1.81. The zero-order valence-electron chi connectivity index (χ0n) is 7.07. The summed E-state index contributed by atoms with van der Waals surface area (Å²) in [6, 6.07) is 3.33. The van der Waals surface area contributed by atoms with Gasteiger partial charge in [-0.25, -0.2) is 0 Å². The molecule has 0 spiro atoms. The van der Waals surface area contributed by atoms with Crippen LogP contribution in [0.15, 0.2) is 17.5 Å². The molecule has 0 saturated heterocycles. The molecule has 0 saturated carbocycles. The Morgan fingerprint density at radius 2 is 2.23 bits per heavy atom. The number of carbonyl (C=O) groups excluding carboxylic acids is 1. The van der Waals surface area contributed by atoms with Gasteiger partial charge in [-0.15, -0.1) is 11.3 Å². The minimum Gasteiger partial charge on any atom is -0.508 e. The van der Waals surface area contributed by atoms with Crippen LogP contribution in [0.2, 0.25) is 0 Å². The van der Waals surface area contributed by atoms with Crippen LogP contribution >= 0.6 is 11.3 Å². The molecule has 13 heavy (non-hydrogen) atoms. The van der Waals surface area contributed by atoms with Gasteiger partial charge in [0.25, 0.3) is 0 Å². The number of benzene rings is 1. The lowest BCUT2D eigenvalue weighted by atomic mass is 10.1. The molecule has 66 valence electrons. The van der Waals surface area contributed by atoms with Crippen LogP contribution in [0.25, 0.3) is 10.1 Å². The Hall–Kier alpha value is -1.35. The number of hydrogen-bond donors (Lipinski definition) is 1. The molecule has 0 aliphatic carbocycles. The van der Waals surface area contributed by atoms with Gasteiger partial charge in [0.2, 0.25) is 0 Å². The van der Waals surface area contributed by atoms with Gasteiger partial charge in [0.05, 0.1) is 0 Å². The van der Waals surface area contributed by atoms with Crippen molar-refractivity contribution in [2.75, 3.05) is 0 Å². The minimum absolute atomic E-state index is 0.214. The highest BCUT2D eigenvalue weighted by Gasteiger charge is 2.06. The van der Waals surface area contributed by atoms with E-state index >= 15 is 0 Å². The lowest BCUT2D eigenvalue weighted by molar-refractivity contribution is 0.112. The van der Waals surface area contributed by atoms with Crippen LogP contribution in [0.5, 0.6) is 5.75 Å². The number of aromatic hydroxyl groups is 1. The second kappa shape index (κ2) is 2.85. The van der Waals surface area contributed by atoms with Gasteiger partial charge in [0.15, 0.2) is 6.29 Å². The van der Waals surface area contributed by atoms with Crippen molar-refractivity contribution in [3.8, 4) is 5.75 Å². The summed E-state index contributed by atoms with van der Waals surface area (Å²) in [4.78, 5) is 10.6. The Morgan fingerprint density at radius 1 is 1.46 bits per heavy atom. The van der Waals surface area contributed by atoms with Gasteiger partial charge in [-0.3, -0.25) is 4.79 Å². The fourth-order valence-corrected chi connectivity index (χ4v) is 2.38. The van der Waals surface area contributed by atoms with E-state index in [4.69, 9.17) is 0 Å². The summed E-state index contributed by atoms with van der Waals surface area (Å²) in [6.45, 7) is 1.92. The van der Waals surface area contributed by atoms with Gasteiger partial charge in [0.1, 0.15) is 5.75 Å². The summed E-state index contributed by atoms with van der Waals surface area (Å²) in [6.07, 6.45) is 0.817. The predicted molar refractivity (Wildman–Crippen MR) is 53.6 cm³/mol. The lowest BCUT2D eigenvalue weighted by Gasteiger charge is -1.97. The maximum atomic E-state index is 10.6. The van der Waals surface area contributed by atoms with Crippen LogP contribution in [0.4, 0.5) is 0 Å². The highest BCUT2D eigenvalue weighted by molar-refractivity contribution is 7.17. The van der Waals surface area contributed by atoms with E-state index in [0.717, 1.165) is 21.9 Å². The Labute approximate surface area is 79.4 Å². The van der Waals surface area contributed by atoms with Crippen LogP contribution < -0.4 is 0 Å². The van der Waals surface area contributed by atoms with Crippen molar-refractivity contribution >= 4 is 27.7 Å². The molecular formula is C10H8O2S. The van der Waals surface area contributed by atoms with Crippen molar-refractivity contribution in [2.45, 2.75) is 6.92 Å². The van der Waals surface area contributed by atoms with Crippen molar-refractivity contribution in [3.05, 3.63) is 28.6 Å².